The molecule has 1 amide bonds. The molecule has 0 radical (unpaired) electrons. The number of benzene rings is 1. The van der Waals surface area contributed by atoms with E-state index < -0.39 is 0 Å². The topological polar surface area (TPSA) is 86.9 Å². The van der Waals surface area contributed by atoms with E-state index in [9.17, 15) is 9.59 Å². The molecular weight excluding hydrogens is 304 g/mol. The molecule has 0 saturated heterocycles. The maximum absolute atomic E-state index is 12.2. The van der Waals surface area contributed by atoms with Crippen LogP contribution in [0.4, 0.5) is 5.95 Å². The number of rotatable bonds is 4. The highest BCUT2D eigenvalue weighted by molar-refractivity contribution is 5.79. The van der Waals surface area contributed by atoms with Crippen LogP contribution in [0.3, 0.4) is 0 Å². The van der Waals surface area contributed by atoms with E-state index in [-0.39, 0.29) is 29.5 Å². The van der Waals surface area contributed by atoms with E-state index >= 15 is 0 Å². The Bertz CT molecular complexity index is 784. The van der Waals surface area contributed by atoms with E-state index in [1.165, 1.54) is 0 Å². The minimum atomic E-state index is -0.145. The zero-order chi connectivity index (χ0) is 17.1. The summed E-state index contributed by atoms with van der Waals surface area (Å²) < 4.78 is 0. The lowest BCUT2D eigenvalue weighted by Crippen LogP contribution is -2.40. The Kier molecular flexibility index (Phi) is 4.83. The number of hydrogen-bond acceptors (Lipinski definition) is 4. The summed E-state index contributed by atoms with van der Waals surface area (Å²) in [6.07, 6.45) is 3.64. The number of para-hydroxylation sites is 1. The van der Waals surface area contributed by atoms with Gasteiger partial charge in [0.25, 0.3) is 5.56 Å². The maximum Gasteiger partial charge on any atom is 0.260 e. The van der Waals surface area contributed by atoms with Crippen molar-refractivity contribution in [3.05, 3.63) is 34.6 Å². The molecule has 1 fully saturated rings. The molecule has 1 aromatic carbocycles. The van der Waals surface area contributed by atoms with Crippen molar-refractivity contribution in [3.8, 4) is 0 Å². The second-order valence-corrected chi connectivity index (χ2v) is 6.80. The van der Waals surface area contributed by atoms with Gasteiger partial charge in [-0.15, -0.1) is 0 Å². The maximum atomic E-state index is 12.2. The molecule has 128 valence electrons. The number of fused-ring (bicyclic) bond motifs is 1. The molecule has 6 nitrogen and oxygen atoms in total. The van der Waals surface area contributed by atoms with Crippen LogP contribution in [0.2, 0.25) is 0 Å². The summed E-state index contributed by atoms with van der Waals surface area (Å²) in [6, 6.07) is 7.58. The van der Waals surface area contributed by atoms with Crippen LogP contribution in [-0.2, 0) is 4.79 Å². The molecule has 1 aromatic heterocycles. The van der Waals surface area contributed by atoms with Gasteiger partial charge in [-0.25, -0.2) is 4.98 Å². The average molecular weight is 328 g/mol. The zero-order valence-corrected chi connectivity index (χ0v) is 14.1. The molecule has 1 aliphatic carbocycles. The summed E-state index contributed by atoms with van der Waals surface area (Å²) in [6.45, 7) is 3.94. The van der Waals surface area contributed by atoms with E-state index in [2.05, 4.69) is 20.6 Å². The molecule has 2 atom stereocenters. The molecule has 0 aliphatic heterocycles. The molecule has 1 saturated carbocycles. The van der Waals surface area contributed by atoms with Crippen molar-refractivity contribution in [3.63, 3.8) is 0 Å². The van der Waals surface area contributed by atoms with E-state index in [1.807, 2.05) is 32.0 Å². The number of aromatic amines is 1. The molecule has 0 spiro atoms. The van der Waals surface area contributed by atoms with E-state index in [0.717, 1.165) is 25.7 Å². The van der Waals surface area contributed by atoms with Gasteiger partial charge in [0.05, 0.1) is 10.9 Å². The molecule has 2 aromatic rings. The Balaban J connectivity index is 1.71. The van der Waals surface area contributed by atoms with Gasteiger partial charge in [0, 0.05) is 18.0 Å². The Morgan fingerprint density at radius 2 is 2.08 bits per heavy atom. The summed E-state index contributed by atoms with van der Waals surface area (Å²) in [5.41, 5.74) is 0.529. The second-order valence-electron chi connectivity index (χ2n) is 6.80. The standard InChI is InChI=1S/C18H24N4O2/c1-11(2)19-16(23)12-6-5-7-13(10-12)20-18-21-15-9-4-3-8-14(15)17(24)22-18/h3-4,8-9,11-13H,5-7,10H2,1-2H3,(H,19,23)(H2,20,21,22,24)/t12-,13-/m0/s1. The first-order valence-electron chi connectivity index (χ1n) is 8.59. The third-order valence-electron chi connectivity index (χ3n) is 4.43. The first kappa shape index (κ1) is 16.5. The van der Waals surface area contributed by atoms with E-state index in [1.54, 1.807) is 6.07 Å². The van der Waals surface area contributed by atoms with Gasteiger partial charge in [0.2, 0.25) is 11.9 Å². The lowest BCUT2D eigenvalue weighted by atomic mass is 9.85. The van der Waals surface area contributed by atoms with Crippen molar-refractivity contribution < 1.29 is 4.79 Å². The lowest BCUT2D eigenvalue weighted by molar-refractivity contribution is -0.126. The Hall–Kier alpha value is -2.37. The van der Waals surface area contributed by atoms with Crippen molar-refractivity contribution >= 4 is 22.8 Å². The predicted octanol–water partition coefficient (Wildman–Crippen LogP) is 2.42. The van der Waals surface area contributed by atoms with Gasteiger partial charge in [-0.1, -0.05) is 18.6 Å². The fraction of sp³-hybridized carbons (Fsp3) is 0.500. The van der Waals surface area contributed by atoms with Crippen LogP contribution in [0.5, 0.6) is 0 Å². The quantitative estimate of drug-likeness (QED) is 0.804. The zero-order valence-electron chi connectivity index (χ0n) is 14.1. The van der Waals surface area contributed by atoms with Gasteiger partial charge in [-0.3, -0.25) is 14.6 Å². The van der Waals surface area contributed by atoms with E-state index in [4.69, 9.17) is 0 Å². The Morgan fingerprint density at radius 3 is 2.88 bits per heavy atom. The molecule has 6 heteroatoms. The number of hydrogen-bond donors (Lipinski definition) is 3. The minimum Gasteiger partial charge on any atom is -0.354 e. The Labute approximate surface area is 141 Å². The predicted molar refractivity (Wildman–Crippen MR) is 95.0 cm³/mol. The van der Waals surface area contributed by atoms with Crippen LogP contribution in [-0.4, -0.2) is 28.0 Å². The molecule has 24 heavy (non-hydrogen) atoms. The average Bonchev–Trinajstić information content (AvgIpc) is 2.54. The number of aromatic nitrogens is 2. The highest BCUT2D eigenvalue weighted by Crippen LogP contribution is 2.26. The lowest BCUT2D eigenvalue weighted by Gasteiger charge is -2.29. The number of amides is 1. The fourth-order valence-corrected chi connectivity index (χ4v) is 3.31. The van der Waals surface area contributed by atoms with Crippen LogP contribution in [0.25, 0.3) is 10.9 Å². The highest BCUT2D eigenvalue weighted by Gasteiger charge is 2.27. The van der Waals surface area contributed by atoms with Crippen LogP contribution >= 0.6 is 0 Å². The van der Waals surface area contributed by atoms with Crippen molar-refractivity contribution in [2.45, 2.75) is 51.6 Å². The van der Waals surface area contributed by atoms with Crippen LogP contribution in [0.15, 0.2) is 29.1 Å². The molecular formula is C18H24N4O2. The first-order chi connectivity index (χ1) is 11.5. The van der Waals surface area contributed by atoms with Gasteiger partial charge in [0.15, 0.2) is 0 Å². The first-order valence-corrected chi connectivity index (χ1v) is 8.59. The van der Waals surface area contributed by atoms with Gasteiger partial charge in [-0.2, -0.15) is 0 Å². The molecule has 3 N–H and O–H groups in total. The van der Waals surface area contributed by atoms with Crippen molar-refractivity contribution in [2.75, 3.05) is 5.32 Å². The molecule has 0 bridgehead atoms. The largest absolute Gasteiger partial charge is 0.354 e. The summed E-state index contributed by atoms with van der Waals surface area (Å²) >= 11 is 0. The van der Waals surface area contributed by atoms with Crippen molar-refractivity contribution in [2.24, 2.45) is 5.92 Å². The smallest absolute Gasteiger partial charge is 0.260 e. The summed E-state index contributed by atoms with van der Waals surface area (Å²) in [5.74, 6) is 0.621. The molecule has 1 aliphatic rings. The summed E-state index contributed by atoms with van der Waals surface area (Å²) in [5, 5.41) is 6.88. The number of carbonyl (C=O) groups is 1. The van der Waals surface area contributed by atoms with Crippen molar-refractivity contribution in [1.82, 2.24) is 15.3 Å². The highest BCUT2D eigenvalue weighted by atomic mass is 16.2. The van der Waals surface area contributed by atoms with Gasteiger partial charge >= 0.3 is 0 Å². The van der Waals surface area contributed by atoms with Crippen LogP contribution < -0.4 is 16.2 Å². The summed E-state index contributed by atoms with van der Waals surface area (Å²) in [4.78, 5) is 31.6. The fourth-order valence-electron chi connectivity index (χ4n) is 3.31. The van der Waals surface area contributed by atoms with Gasteiger partial charge in [0.1, 0.15) is 0 Å². The van der Waals surface area contributed by atoms with Crippen molar-refractivity contribution in [1.29, 1.82) is 0 Å². The third-order valence-corrected chi connectivity index (χ3v) is 4.43. The van der Waals surface area contributed by atoms with Gasteiger partial charge < -0.3 is 10.6 Å². The van der Waals surface area contributed by atoms with Crippen LogP contribution in [0.1, 0.15) is 39.5 Å². The third kappa shape index (κ3) is 3.75. The number of nitrogens with one attached hydrogen (secondary N) is 3. The molecule has 1 heterocycles. The molecule has 0 unspecified atom stereocenters. The molecule has 3 rings (SSSR count). The Morgan fingerprint density at radius 1 is 1.29 bits per heavy atom. The van der Waals surface area contributed by atoms with Gasteiger partial charge in [-0.05, 0) is 45.2 Å². The minimum absolute atomic E-state index is 0.0193. The SMILES string of the molecule is CC(C)NC(=O)[C@H]1CCC[C@H](Nc2nc3ccccc3c(=O)[nH]2)C1. The normalized spacial score (nSPS) is 21.0. The number of anilines is 1. The number of nitrogens with zero attached hydrogens (tertiary/aromatic N) is 1. The summed E-state index contributed by atoms with van der Waals surface area (Å²) in [7, 11) is 0. The van der Waals surface area contributed by atoms with Crippen LogP contribution in [0, 0.1) is 5.92 Å². The number of carbonyl (C=O) groups excluding carboxylic acids is 1. The van der Waals surface area contributed by atoms with E-state index in [0.29, 0.717) is 16.9 Å². The number of H-pyrrole nitrogens is 1. The second kappa shape index (κ2) is 7.03. The monoisotopic (exact) mass is 328 g/mol.